The van der Waals surface area contributed by atoms with Gasteiger partial charge in [-0.15, -0.1) is 0 Å². The first-order valence-electron chi connectivity index (χ1n) is 7.68. The summed E-state index contributed by atoms with van der Waals surface area (Å²) >= 11 is 0. The summed E-state index contributed by atoms with van der Waals surface area (Å²) in [6.45, 7) is 2.18. The molecule has 1 aromatic rings. The molecule has 1 N–H and O–H groups in total. The highest BCUT2D eigenvalue weighted by atomic mass is 32.2. The fourth-order valence-electron chi connectivity index (χ4n) is 2.67. The second kappa shape index (κ2) is 6.88. The number of hydrogen-bond donors (Lipinski definition) is 1. The molecule has 1 aliphatic carbocycles. The molecule has 1 aromatic carbocycles. The van der Waals surface area contributed by atoms with Crippen molar-refractivity contribution in [2.24, 2.45) is 5.92 Å². The van der Waals surface area contributed by atoms with Crippen LogP contribution in [0.1, 0.15) is 32.6 Å². The highest BCUT2D eigenvalue weighted by molar-refractivity contribution is 7.89. The van der Waals surface area contributed by atoms with Crippen LogP contribution in [-0.4, -0.2) is 41.3 Å². The van der Waals surface area contributed by atoms with Crippen LogP contribution in [-0.2, 0) is 20.0 Å². The van der Waals surface area contributed by atoms with Crippen molar-refractivity contribution in [2.45, 2.75) is 48.4 Å². The Bertz CT molecular complexity index is 732. The Labute approximate surface area is 139 Å². The van der Waals surface area contributed by atoms with Gasteiger partial charge in [0.25, 0.3) is 0 Å². The summed E-state index contributed by atoms with van der Waals surface area (Å²) in [6, 6.07) is 5.29. The number of benzene rings is 1. The Hall–Kier alpha value is -0.960. The van der Waals surface area contributed by atoms with Crippen LogP contribution in [0.3, 0.4) is 0 Å². The fourth-order valence-corrected chi connectivity index (χ4v) is 4.87. The van der Waals surface area contributed by atoms with Crippen LogP contribution >= 0.6 is 0 Å². The third-order valence-electron chi connectivity index (χ3n) is 4.25. The minimum Gasteiger partial charge on any atom is -0.208 e. The van der Waals surface area contributed by atoms with E-state index in [0.717, 1.165) is 30.0 Å². The maximum Gasteiger partial charge on any atom is 0.242 e. The van der Waals surface area contributed by atoms with Crippen molar-refractivity contribution >= 4 is 20.0 Å². The van der Waals surface area contributed by atoms with Gasteiger partial charge in [0.05, 0.1) is 9.79 Å². The van der Waals surface area contributed by atoms with Gasteiger partial charge < -0.3 is 0 Å². The van der Waals surface area contributed by atoms with Crippen LogP contribution in [0.2, 0.25) is 0 Å². The van der Waals surface area contributed by atoms with Gasteiger partial charge in [0, 0.05) is 20.1 Å². The van der Waals surface area contributed by atoms with Crippen molar-refractivity contribution in [2.75, 3.05) is 14.1 Å². The number of nitrogens with one attached hydrogen (secondary N) is 1. The Morgan fingerprint density at radius 1 is 0.913 bits per heavy atom. The van der Waals surface area contributed by atoms with Crippen LogP contribution in [0.4, 0.5) is 0 Å². The molecular formula is C15H24N2O4S2. The van der Waals surface area contributed by atoms with Gasteiger partial charge in [-0.2, -0.15) is 0 Å². The lowest BCUT2D eigenvalue weighted by Gasteiger charge is -2.26. The zero-order chi connectivity index (χ0) is 17.3. The molecule has 0 unspecified atom stereocenters. The van der Waals surface area contributed by atoms with E-state index in [1.54, 1.807) is 0 Å². The van der Waals surface area contributed by atoms with Crippen molar-refractivity contribution in [1.82, 2.24) is 9.03 Å². The summed E-state index contributed by atoms with van der Waals surface area (Å²) in [4.78, 5) is 0.168. The van der Waals surface area contributed by atoms with E-state index >= 15 is 0 Å². The van der Waals surface area contributed by atoms with Gasteiger partial charge in [0.1, 0.15) is 0 Å². The zero-order valence-electron chi connectivity index (χ0n) is 13.7. The third kappa shape index (κ3) is 4.32. The van der Waals surface area contributed by atoms with E-state index in [4.69, 9.17) is 0 Å². The second-order valence-electron chi connectivity index (χ2n) is 6.34. The maximum absolute atomic E-state index is 12.4. The molecule has 0 aromatic heterocycles. The molecule has 8 heteroatoms. The van der Waals surface area contributed by atoms with E-state index in [1.165, 1.54) is 38.4 Å². The first-order valence-corrected chi connectivity index (χ1v) is 10.6. The lowest BCUT2D eigenvalue weighted by molar-refractivity contribution is 0.332. The lowest BCUT2D eigenvalue weighted by Crippen LogP contribution is -2.37. The number of hydrogen-bond acceptors (Lipinski definition) is 4. The summed E-state index contributed by atoms with van der Waals surface area (Å²) in [6.07, 6.45) is 3.72. The molecule has 23 heavy (non-hydrogen) atoms. The maximum atomic E-state index is 12.4. The van der Waals surface area contributed by atoms with Crippen LogP contribution < -0.4 is 4.72 Å². The first kappa shape index (κ1) is 18.4. The van der Waals surface area contributed by atoms with E-state index in [2.05, 4.69) is 11.6 Å². The van der Waals surface area contributed by atoms with E-state index in [-0.39, 0.29) is 15.8 Å². The second-order valence-corrected chi connectivity index (χ2v) is 10.2. The van der Waals surface area contributed by atoms with Crippen molar-refractivity contribution in [1.29, 1.82) is 0 Å². The quantitative estimate of drug-likeness (QED) is 0.868. The van der Waals surface area contributed by atoms with Gasteiger partial charge in [0.2, 0.25) is 20.0 Å². The molecule has 0 radical (unpaired) electrons. The third-order valence-corrected chi connectivity index (χ3v) is 7.62. The Morgan fingerprint density at radius 3 is 1.87 bits per heavy atom. The van der Waals surface area contributed by atoms with Gasteiger partial charge in [-0.1, -0.05) is 6.92 Å². The fraction of sp³-hybridized carbons (Fsp3) is 0.600. The molecule has 1 aliphatic rings. The molecule has 0 aliphatic heterocycles. The van der Waals surface area contributed by atoms with Crippen LogP contribution in [0.25, 0.3) is 0 Å². The summed E-state index contributed by atoms with van der Waals surface area (Å²) in [5.74, 6) is 0.645. The highest BCUT2D eigenvalue weighted by Crippen LogP contribution is 2.25. The predicted octanol–water partition coefficient (Wildman–Crippen LogP) is 1.79. The monoisotopic (exact) mass is 360 g/mol. The Morgan fingerprint density at radius 2 is 1.39 bits per heavy atom. The number of sulfonamides is 2. The molecule has 0 saturated heterocycles. The average molecular weight is 361 g/mol. The standard InChI is InChI=1S/C15H24N2O4S2/c1-12-4-6-13(7-5-12)16-22(18,19)14-8-10-15(11-9-14)23(20,21)17(2)3/h8-13,16H,4-7H2,1-3H3. The van der Waals surface area contributed by atoms with Crippen LogP contribution in [0.15, 0.2) is 34.1 Å². The summed E-state index contributed by atoms with van der Waals surface area (Å²) in [5, 5.41) is 0. The normalized spacial score (nSPS) is 23.1. The minimum absolute atomic E-state index is 0.0404. The van der Waals surface area contributed by atoms with Crippen molar-refractivity contribution in [3.05, 3.63) is 24.3 Å². The smallest absolute Gasteiger partial charge is 0.208 e. The topological polar surface area (TPSA) is 83.5 Å². The largest absolute Gasteiger partial charge is 0.242 e. The first-order chi connectivity index (χ1) is 10.6. The lowest BCUT2D eigenvalue weighted by atomic mass is 9.88. The molecule has 0 spiro atoms. The van der Waals surface area contributed by atoms with Gasteiger partial charge >= 0.3 is 0 Å². The molecule has 0 heterocycles. The summed E-state index contributed by atoms with van der Waals surface area (Å²) in [5.41, 5.74) is 0. The Balaban J connectivity index is 2.15. The molecule has 1 saturated carbocycles. The van der Waals surface area contributed by atoms with Crippen LogP contribution in [0.5, 0.6) is 0 Å². The average Bonchev–Trinajstić information content (AvgIpc) is 2.49. The highest BCUT2D eigenvalue weighted by Gasteiger charge is 2.25. The van der Waals surface area contributed by atoms with Crippen molar-refractivity contribution in [3.63, 3.8) is 0 Å². The van der Waals surface area contributed by atoms with Crippen molar-refractivity contribution < 1.29 is 16.8 Å². The molecule has 130 valence electrons. The van der Waals surface area contributed by atoms with Gasteiger partial charge in [-0.3, -0.25) is 0 Å². The molecule has 1 fully saturated rings. The Kier molecular flexibility index (Phi) is 5.50. The van der Waals surface area contributed by atoms with E-state index in [9.17, 15) is 16.8 Å². The summed E-state index contributed by atoms with van der Waals surface area (Å²) < 4.78 is 52.6. The molecular weight excluding hydrogens is 336 g/mol. The number of rotatable bonds is 5. The van der Waals surface area contributed by atoms with E-state index < -0.39 is 20.0 Å². The van der Waals surface area contributed by atoms with Crippen molar-refractivity contribution in [3.8, 4) is 0 Å². The number of nitrogens with zero attached hydrogens (tertiary/aromatic N) is 1. The zero-order valence-corrected chi connectivity index (χ0v) is 15.3. The van der Waals surface area contributed by atoms with E-state index in [0.29, 0.717) is 5.92 Å². The van der Waals surface area contributed by atoms with Crippen LogP contribution in [0, 0.1) is 5.92 Å². The summed E-state index contributed by atoms with van der Waals surface area (Å²) in [7, 11) is -4.30. The molecule has 0 atom stereocenters. The molecule has 6 nitrogen and oxygen atoms in total. The molecule has 0 amide bonds. The molecule has 2 rings (SSSR count). The van der Waals surface area contributed by atoms with Gasteiger partial charge in [-0.25, -0.2) is 25.9 Å². The SMILES string of the molecule is CC1CCC(NS(=O)(=O)c2ccc(S(=O)(=O)N(C)C)cc2)CC1. The molecule has 0 bridgehead atoms. The minimum atomic E-state index is -3.62. The van der Waals surface area contributed by atoms with Gasteiger partial charge in [0.15, 0.2) is 0 Å². The van der Waals surface area contributed by atoms with E-state index in [1.807, 2.05) is 0 Å². The van der Waals surface area contributed by atoms with Gasteiger partial charge in [-0.05, 0) is 55.9 Å². The predicted molar refractivity (Wildman–Crippen MR) is 89.1 cm³/mol.